The Balaban J connectivity index is 1.37. The molecule has 0 radical (unpaired) electrons. The van der Waals surface area contributed by atoms with E-state index in [1.54, 1.807) is 13.3 Å². The number of fused-ring (bicyclic) bond motifs is 1. The number of nitrogens with zero attached hydrogens (tertiary/aromatic N) is 6. The van der Waals surface area contributed by atoms with E-state index in [-0.39, 0.29) is 15.4 Å². The molecular formula is C23H32N8O4S2. The third-order valence-electron chi connectivity index (χ3n) is 6.09. The molecule has 1 saturated heterocycles. The van der Waals surface area contributed by atoms with E-state index in [2.05, 4.69) is 42.1 Å². The van der Waals surface area contributed by atoms with Crippen molar-refractivity contribution in [3.05, 3.63) is 30.2 Å². The van der Waals surface area contributed by atoms with Crippen molar-refractivity contribution >= 4 is 55.0 Å². The van der Waals surface area contributed by atoms with Gasteiger partial charge in [-0.3, -0.25) is 10.2 Å². The summed E-state index contributed by atoms with van der Waals surface area (Å²) >= 11 is 0.929. The van der Waals surface area contributed by atoms with Gasteiger partial charge in [0.15, 0.2) is 9.34 Å². The van der Waals surface area contributed by atoms with Crippen LogP contribution in [0.15, 0.2) is 28.7 Å². The Kier molecular flexibility index (Phi) is 8.11. The molecule has 0 aliphatic carbocycles. The summed E-state index contributed by atoms with van der Waals surface area (Å²) in [5.41, 5.74) is 2.27. The molecule has 37 heavy (non-hydrogen) atoms. The van der Waals surface area contributed by atoms with Gasteiger partial charge in [0.1, 0.15) is 12.1 Å². The maximum absolute atomic E-state index is 13.3. The zero-order valence-electron chi connectivity index (χ0n) is 21.6. The van der Waals surface area contributed by atoms with Crippen molar-refractivity contribution in [1.29, 1.82) is 0 Å². The van der Waals surface area contributed by atoms with Crippen LogP contribution in [0.25, 0.3) is 10.9 Å². The number of hydrogen-bond donors (Lipinski definition) is 2. The van der Waals surface area contributed by atoms with Crippen LogP contribution in [-0.2, 0) is 14.8 Å². The Bertz CT molecular complexity index is 1370. The molecule has 1 aliphatic rings. The van der Waals surface area contributed by atoms with Crippen molar-refractivity contribution in [3.8, 4) is 0 Å². The number of rotatable bonds is 8. The normalized spacial score (nSPS) is 15.9. The maximum atomic E-state index is 13.3. The largest absolute Gasteiger partial charge is 0.453 e. The average Bonchev–Trinajstić information content (AvgIpc) is 3.24. The maximum Gasteiger partial charge on any atom is 0.413 e. The number of ether oxygens (including phenoxy) is 1. The van der Waals surface area contributed by atoms with Crippen molar-refractivity contribution in [1.82, 2.24) is 24.2 Å². The van der Waals surface area contributed by atoms with Crippen LogP contribution in [-0.4, -0.2) is 98.6 Å². The molecule has 0 saturated carbocycles. The summed E-state index contributed by atoms with van der Waals surface area (Å²) in [6, 6.07) is 6.12. The Morgan fingerprint density at radius 1 is 1.22 bits per heavy atom. The predicted molar refractivity (Wildman–Crippen MR) is 145 cm³/mol. The highest BCUT2D eigenvalue weighted by atomic mass is 32.2. The van der Waals surface area contributed by atoms with Crippen molar-refractivity contribution in [2.45, 2.75) is 24.1 Å². The van der Waals surface area contributed by atoms with E-state index in [9.17, 15) is 13.2 Å². The highest BCUT2D eigenvalue weighted by Gasteiger charge is 2.32. The molecule has 2 N–H and O–H groups in total. The van der Waals surface area contributed by atoms with E-state index in [0.717, 1.165) is 40.3 Å². The van der Waals surface area contributed by atoms with Crippen LogP contribution in [0, 0.1) is 6.92 Å². The van der Waals surface area contributed by atoms with Crippen LogP contribution in [0.4, 0.5) is 21.4 Å². The standard InChI is InChI=1S/C23H32N8O4S2/c1-15(26-20-17-7-6-8-18(29(3)4)19(17)24-14-25-20)13-30-9-11-31(12-10-30)37(33,34)21-16(2)27-22(36-21)28-23(32)35-5/h6-8,14-15H,9-13H2,1-5H3,(H,24,25,26)(H,27,28,32)/t15-/m0/s1. The number of anilines is 3. The monoisotopic (exact) mass is 548 g/mol. The summed E-state index contributed by atoms with van der Waals surface area (Å²) in [6.45, 7) is 6.39. The second-order valence-corrected chi connectivity index (χ2v) is 12.2. The minimum absolute atomic E-state index is 0.0833. The molecule has 1 atom stereocenters. The van der Waals surface area contributed by atoms with Crippen LogP contribution >= 0.6 is 11.3 Å². The fourth-order valence-corrected chi connectivity index (χ4v) is 7.26. The molecule has 4 rings (SSSR count). The van der Waals surface area contributed by atoms with E-state index in [1.165, 1.54) is 11.4 Å². The van der Waals surface area contributed by atoms with Gasteiger partial charge in [0.2, 0.25) is 0 Å². The number of benzene rings is 1. The van der Waals surface area contributed by atoms with E-state index < -0.39 is 16.1 Å². The van der Waals surface area contributed by atoms with Crippen molar-refractivity contribution < 1.29 is 17.9 Å². The average molecular weight is 549 g/mol. The molecule has 0 bridgehead atoms. The lowest BCUT2D eigenvalue weighted by molar-refractivity contribution is 0.184. The number of sulfonamides is 1. The van der Waals surface area contributed by atoms with Gasteiger partial charge >= 0.3 is 6.09 Å². The molecule has 3 heterocycles. The highest BCUT2D eigenvalue weighted by Crippen LogP contribution is 2.31. The molecule has 200 valence electrons. The lowest BCUT2D eigenvalue weighted by Crippen LogP contribution is -2.50. The number of piperazine rings is 1. The predicted octanol–water partition coefficient (Wildman–Crippen LogP) is 2.45. The Morgan fingerprint density at radius 3 is 2.62 bits per heavy atom. The van der Waals surface area contributed by atoms with E-state index >= 15 is 0 Å². The number of aryl methyl sites for hydroxylation is 1. The molecule has 2 aromatic heterocycles. The van der Waals surface area contributed by atoms with Gasteiger partial charge in [-0.25, -0.2) is 28.2 Å². The Hall–Kier alpha value is -3.07. The molecular weight excluding hydrogens is 516 g/mol. The molecule has 1 aromatic carbocycles. The summed E-state index contributed by atoms with van der Waals surface area (Å²) in [5.74, 6) is 0.777. The number of carbonyl (C=O) groups excluding carboxylic acids is 1. The van der Waals surface area contributed by atoms with Gasteiger partial charge in [-0.15, -0.1) is 0 Å². The van der Waals surface area contributed by atoms with Gasteiger partial charge in [-0.2, -0.15) is 4.31 Å². The number of methoxy groups -OCH3 is 1. The lowest BCUT2D eigenvalue weighted by atomic mass is 10.2. The Morgan fingerprint density at radius 2 is 1.95 bits per heavy atom. The van der Waals surface area contributed by atoms with Gasteiger partial charge in [0.05, 0.1) is 24.0 Å². The highest BCUT2D eigenvalue weighted by molar-refractivity contribution is 7.91. The summed E-state index contributed by atoms with van der Waals surface area (Å²) in [7, 11) is 1.49. The van der Waals surface area contributed by atoms with Crippen molar-refractivity contribution in [2.24, 2.45) is 0 Å². The fourth-order valence-electron chi connectivity index (χ4n) is 4.30. The summed E-state index contributed by atoms with van der Waals surface area (Å²) < 4.78 is 32.7. The summed E-state index contributed by atoms with van der Waals surface area (Å²) in [6.07, 6.45) is 0.879. The summed E-state index contributed by atoms with van der Waals surface area (Å²) in [5, 5.41) is 7.08. The van der Waals surface area contributed by atoms with Crippen molar-refractivity contribution in [2.75, 3.05) is 69.5 Å². The molecule has 12 nitrogen and oxygen atoms in total. The first-order chi connectivity index (χ1) is 17.6. The number of carbonyl (C=O) groups is 1. The minimum atomic E-state index is -3.72. The SMILES string of the molecule is COC(=O)Nc1nc(C)c(S(=O)(=O)N2CCN(C[C@H](C)Nc3ncnc4c(N(C)C)cccc34)CC2)s1. The van der Waals surface area contributed by atoms with Gasteiger partial charge in [0, 0.05) is 58.2 Å². The second-order valence-electron chi connectivity index (χ2n) is 9.05. The van der Waals surface area contributed by atoms with Gasteiger partial charge in [0.25, 0.3) is 10.0 Å². The number of para-hydroxylation sites is 1. The number of nitrogens with one attached hydrogen (secondary N) is 2. The first-order valence-electron chi connectivity index (χ1n) is 11.8. The number of thiazole rings is 1. The second kappa shape index (κ2) is 11.1. The molecule has 3 aromatic rings. The molecule has 0 unspecified atom stereocenters. The molecule has 1 aliphatic heterocycles. The van der Waals surface area contributed by atoms with Gasteiger partial charge in [-0.05, 0) is 26.0 Å². The fraction of sp³-hybridized carbons (Fsp3) is 0.478. The van der Waals surface area contributed by atoms with Crippen LogP contribution < -0.4 is 15.5 Å². The Labute approximate surface area is 220 Å². The number of amides is 1. The van der Waals surface area contributed by atoms with Gasteiger partial charge < -0.3 is 15.0 Å². The van der Waals surface area contributed by atoms with E-state index in [1.807, 2.05) is 37.2 Å². The molecule has 14 heteroatoms. The van der Waals surface area contributed by atoms with Crippen molar-refractivity contribution in [3.63, 3.8) is 0 Å². The first kappa shape index (κ1) is 27.0. The molecule has 0 spiro atoms. The van der Waals surface area contributed by atoms with Gasteiger partial charge in [-0.1, -0.05) is 17.4 Å². The quantitative estimate of drug-likeness (QED) is 0.432. The zero-order chi connectivity index (χ0) is 26.7. The topological polar surface area (TPSA) is 133 Å². The van der Waals surface area contributed by atoms with E-state index in [0.29, 0.717) is 31.9 Å². The van der Waals surface area contributed by atoms with Crippen LogP contribution in [0.1, 0.15) is 12.6 Å². The number of aromatic nitrogens is 3. The number of hydrogen-bond acceptors (Lipinski definition) is 11. The molecule has 1 fully saturated rings. The zero-order valence-corrected chi connectivity index (χ0v) is 23.2. The lowest BCUT2D eigenvalue weighted by Gasteiger charge is -2.35. The third-order valence-corrected chi connectivity index (χ3v) is 9.65. The third kappa shape index (κ3) is 5.92. The smallest absolute Gasteiger partial charge is 0.413 e. The van der Waals surface area contributed by atoms with E-state index in [4.69, 9.17) is 0 Å². The minimum Gasteiger partial charge on any atom is -0.453 e. The van der Waals surface area contributed by atoms with Crippen LogP contribution in [0.2, 0.25) is 0 Å². The first-order valence-corrected chi connectivity index (χ1v) is 14.1. The summed E-state index contributed by atoms with van der Waals surface area (Å²) in [4.78, 5) is 28.8. The van der Waals surface area contributed by atoms with Crippen LogP contribution in [0.5, 0.6) is 0 Å². The molecule has 1 amide bonds. The van der Waals surface area contributed by atoms with Crippen LogP contribution in [0.3, 0.4) is 0 Å².